The highest BCUT2D eigenvalue weighted by atomic mass is 17.0. The molecule has 27 heavy (non-hydrogen) atoms. The third-order valence-corrected chi connectivity index (χ3v) is 4.40. The molecule has 0 aromatic rings. The molecule has 7 atom stereocenters. The van der Waals surface area contributed by atoms with Crippen LogP contribution in [0.15, 0.2) is 0 Å². The lowest BCUT2D eigenvalue weighted by Crippen LogP contribution is -2.37. The number of aliphatic hydroxyl groups is 1. The zero-order chi connectivity index (χ0) is 20.1. The van der Waals surface area contributed by atoms with E-state index < -0.39 is 59.1 Å². The molecule has 2 aliphatic rings. The fraction of sp³-hybridized carbons (Fsp3) is 0.923. The van der Waals surface area contributed by atoms with Crippen LogP contribution in [0.25, 0.3) is 0 Å². The summed E-state index contributed by atoms with van der Waals surface area (Å²) in [4.78, 5) is 40.6. The van der Waals surface area contributed by atoms with E-state index in [-0.39, 0.29) is 25.9 Å². The van der Waals surface area contributed by atoms with Gasteiger partial charge in [0.2, 0.25) is 0 Å². The summed E-state index contributed by atoms with van der Waals surface area (Å²) in [5, 5.41) is 37.5. The average molecular weight is 396 g/mol. The van der Waals surface area contributed by atoms with Crippen LogP contribution in [-0.2, 0) is 23.9 Å². The first-order valence-electron chi connectivity index (χ1n) is 8.16. The molecule has 0 aromatic heterocycles. The van der Waals surface area contributed by atoms with Crippen molar-refractivity contribution in [3.05, 3.63) is 20.2 Å². The van der Waals surface area contributed by atoms with Crippen molar-refractivity contribution in [1.82, 2.24) is 0 Å². The van der Waals surface area contributed by atoms with Crippen LogP contribution >= 0.6 is 0 Å². The molecule has 2 aliphatic heterocycles. The second kappa shape index (κ2) is 8.96. The van der Waals surface area contributed by atoms with Gasteiger partial charge in [-0.1, -0.05) is 0 Å². The second-order valence-electron chi connectivity index (χ2n) is 6.19. The van der Waals surface area contributed by atoms with Crippen LogP contribution in [0.4, 0.5) is 4.79 Å². The molecule has 0 amide bonds. The fourth-order valence-corrected chi connectivity index (χ4v) is 3.26. The van der Waals surface area contributed by atoms with Gasteiger partial charge in [0.05, 0.1) is 12.7 Å². The van der Waals surface area contributed by atoms with Crippen LogP contribution in [0.2, 0.25) is 0 Å². The summed E-state index contributed by atoms with van der Waals surface area (Å²) < 4.78 is 15.8. The Hall–Kier alpha value is -2.45. The van der Waals surface area contributed by atoms with Gasteiger partial charge in [-0.05, 0) is 26.2 Å². The Labute approximate surface area is 152 Å². The molecule has 2 rings (SSSR count). The van der Waals surface area contributed by atoms with Crippen LogP contribution in [0, 0.1) is 20.2 Å². The molecule has 3 unspecified atom stereocenters. The summed E-state index contributed by atoms with van der Waals surface area (Å²) in [6.07, 6.45) is -7.59. The van der Waals surface area contributed by atoms with Crippen molar-refractivity contribution in [1.29, 1.82) is 0 Å². The van der Waals surface area contributed by atoms with E-state index in [9.17, 15) is 30.1 Å². The second-order valence-corrected chi connectivity index (χ2v) is 6.19. The monoisotopic (exact) mass is 396 g/mol. The Balaban J connectivity index is 1.93. The molecule has 2 fully saturated rings. The number of carboxylic acid groups (broad SMARTS) is 1. The van der Waals surface area contributed by atoms with Crippen molar-refractivity contribution in [3.8, 4) is 0 Å². The Bertz CT molecular complexity index is 559. The van der Waals surface area contributed by atoms with Gasteiger partial charge in [-0.3, -0.25) is 0 Å². The smallest absolute Gasteiger partial charge is 0.450 e. The number of ether oxygens (including phenoxy) is 3. The first-order valence-corrected chi connectivity index (χ1v) is 8.16. The minimum absolute atomic E-state index is 0.00394. The molecule has 14 heteroatoms. The molecule has 0 spiro atoms. The predicted octanol–water partition coefficient (Wildman–Crippen LogP) is -0.0793. The molecular formula is C13H20N2O12. The summed E-state index contributed by atoms with van der Waals surface area (Å²) in [5.74, 6) is 0. The van der Waals surface area contributed by atoms with E-state index >= 15 is 0 Å². The maximum atomic E-state index is 10.9. The Kier molecular flexibility index (Phi) is 6.92. The predicted molar refractivity (Wildman–Crippen MR) is 80.6 cm³/mol. The van der Waals surface area contributed by atoms with Gasteiger partial charge in [0.25, 0.3) is 10.2 Å². The van der Waals surface area contributed by atoms with E-state index in [0.29, 0.717) is 0 Å². The number of nitrogens with zero attached hydrogens (tertiary/aromatic N) is 2. The van der Waals surface area contributed by atoms with Gasteiger partial charge in [0.15, 0.2) is 6.10 Å². The minimum atomic E-state index is -1.53. The highest BCUT2D eigenvalue weighted by Crippen LogP contribution is 2.35. The van der Waals surface area contributed by atoms with Gasteiger partial charge in [0.1, 0.15) is 30.5 Å². The molecule has 0 radical (unpaired) electrons. The third kappa shape index (κ3) is 5.51. The zero-order valence-electron chi connectivity index (χ0n) is 14.2. The highest BCUT2D eigenvalue weighted by molar-refractivity contribution is 5.57. The summed E-state index contributed by atoms with van der Waals surface area (Å²) >= 11 is 0. The summed E-state index contributed by atoms with van der Waals surface area (Å²) in [6.45, 7) is 1.25. The first kappa shape index (κ1) is 20.9. The standard InChI is InChI=1S/C13H20N2O12/c1-6(26-14(19)20)8(27-15(21)22)3-2-4-9-11(25-13(17)18)12-10(24-9)7(16)5-23-12/h6-12,16H,2-5H2,1H3,(H,17,18)/t6?,7-,8?,9?,10-,11-,12-/m1/s1. The van der Waals surface area contributed by atoms with Crippen molar-refractivity contribution in [2.45, 2.75) is 68.9 Å². The highest BCUT2D eigenvalue weighted by Gasteiger charge is 2.54. The van der Waals surface area contributed by atoms with Gasteiger partial charge in [-0.15, -0.1) is 20.2 Å². The van der Waals surface area contributed by atoms with E-state index in [0.717, 1.165) is 0 Å². The molecule has 0 bridgehead atoms. The Morgan fingerprint density at radius 2 is 1.93 bits per heavy atom. The number of hydrogen-bond donors (Lipinski definition) is 2. The Morgan fingerprint density at radius 1 is 1.26 bits per heavy atom. The topological polar surface area (TPSA) is 190 Å². The Morgan fingerprint density at radius 3 is 2.52 bits per heavy atom. The molecule has 0 aliphatic carbocycles. The quantitative estimate of drug-likeness (QED) is 0.284. The number of aliphatic hydroxyl groups excluding tert-OH is 1. The minimum Gasteiger partial charge on any atom is -0.450 e. The first-order chi connectivity index (χ1) is 12.7. The maximum Gasteiger partial charge on any atom is 0.506 e. The SMILES string of the molecule is CC(O[N+](=O)[O-])C(CCCC1O[C@H]2[C@@H](OC[C@H]2O)[C@@H]1OC(=O)O)O[N+](=O)[O-]. The number of fused-ring (bicyclic) bond motifs is 1. The van der Waals surface area contributed by atoms with Crippen molar-refractivity contribution in [3.63, 3.8) is 0 Å². The van der Waals surface area contributed by atoms with Gasteiger partial charge >= 0.3 is 6.16 Å². The van der Waals surface area contributed by atoms with Crippen molar-refractivity contribution in [2.75, 3.05) is 6.61 Å². The maximum absolute atomic E-state index is 10.9. The van der Waals surface area contributed by atoms with Crippen molar-refractivity contribution >= 4 is 6.16 Å². The largest absolute Gasteiger partial charge is 0.506 e. The van der Waals surface area contributed by atoms with Gasteiger partial charge < -0.3 is 34.1 Å². The molecule has 14 nitrogen and oxygen atoms in total. The summed E-state index contributed by atoms with van der Waals surface area (Å²) in [7, 11) is 0. The zero-order valence-corrected chi connectivity index (χ0v) is 14.2. The lowest BCUT2D eigenvalue weighted by molar-refractivity contribution is -0.798. The van der Waals surface area contributed by atoms with Gasteiger partial charge in [0, 0.05) is 0 Å². The number of carbonyl (C=O) groups is 1. The van der Waals surface area contributed by atoms with Crippen LogP contribution in [0.5, 0.6) is 0 Å². The lowest BCUT2D eigenvalue weighted by atomic mass is 10.0. The fourth-order valence-electron chi connectivity index (χ4n) is 3.26. The molecule has 0 aromatic carbocycles. The molecule has 0 saturated carbocycles. The molecule has 154 valence electrons. The molecular weight excluding hydrogens is 376 g/mol. The van der Waals surface area contributed by atoms with E-state index in [1.165, 1.54) is 6.92 Å². The van der Waals surface area contributed by atoms with E-state index in [1.54, 1.807) is 0 Å². The average Bonchev–Trinajstić information content (AvgIpc) is 3.06. The molecule has 2 N–H and O–H groups in total. The van der Waals surface area contributed by atoms with Crippen LogP contribution < -0.4 is 0 Å². The van der Waals surface area contributed by atoms with E-state index in [2.05, 4.69) is 9.68 Å². The van der Waals surface area contributed by atoms with Crippen molar-refractivity contribution in [2.24, 2.45) is 0 Å². The van der Waals surface area contributed by atoms with Gasteiger partial charge in [-0.25, -0.2) is 4.79 Å². The van der Waals surface area contributed by atoms with Gasteiger partial charge in [-0.2, -0.15) is 0 Å². The van der Waals surface area contributed by atoms with Crippen molar-refractivity contribution < 1.29 is 49.1 Å². The summed E-state index contributed by atoms with van der Waals surface area (Å²) in [6, 6.07) is 0. The number of rotatable bonds is 10. The third-order valence-electron chi connectivity index (χ3n) is 4.40. The number of hydrogen-bond acceptors (Lipinski definition) is 11. The molecule has 2 heterocycles. The lowest BCUT2D eigenvalue weighted by Gasteiger charge is -2.23. The van der Waals surface area contributed by atoms with Crippen LogP contribution in [-0.4, -0.2) is 75.9 Å². The summed E-state index contributed by atoms with van der Waals surface area (Å²) in [5.41, 5.74) is 0. The van der Waals surface area contributed by atoms with Crippen LogP contribution in [0.1, 0.15) is 26.2 Å². The molecule has 2 saturated heterocycles. The van der Waals surface area contributed by atoms with Crippen LogP contribution in [0.3, 0.4) is 0 Å². The van der Waals surface area contributed by atoms with E-state index in [1.807, 2.05) is 0 Å². The van der Waals surface area contributed by atoms with E-state index in [4.69, 9.17) is 19.3 Å². The normalized spacial score (nSPS) is 31.6.